The van der Waals surface area contributed by atoms with Gasteiger partial charge in [0, 0.05) is 36.7 Å². The topological polar surface area (TPSA) is 40.6 Å². The lowest BCUT2D eigenvalue weighted by Crippen LogP contribution is -2.52. The van der Waals surface area contributed by atoms with Gasteiger partial charge in [0.25, 0.3) is 5.91 Å². The van der Waals surface area contributed by atoms with Gasteiger partial charge in [-0.1, -0.05) is 42.8 Å². The number of benzene rings is 2. The van der Waals surface area contributed by atoms with Crippen LogP contribution in [0, 0.1) is 5.92 Å². The van der Waals surface area contributed by atoms with Crippen molar-refractivity contribution in [2.45, 2.75) is 45.2 Å². The fourth-order valence-corrected chi connectivity index (χ4v) is 5.02. The molecule has 140 valence electrons. The SMILES string of the molecule is CCN(C(C)=O)[C@H]1c2ccccc2N(C(=O)c2ccccc2)[C@H]2CCC[C@@H]12. The largest absolute Gasteiger partial charge is 0.336 e. The van der Waals surface area contributed by atoms with Gasteiger partial charge < -0.3 is 9.80 Å². The van der Waals surface area contributed by atoms with Crippen molar-refractivity contribution in [3.05, 3.63) is 65.7 Å². The van der Waals surface area contributed by atoms with Crippen LogP contribution < -0.4 is 4.90 Å². The highest BCUT2D eigenvalue weighted by Crippen LogP contribution is 2.50. The Balaban J connectivity index is 1.84. The molecule has 0 N–H and O–H groups in total. The molecule has 2 amide bonds. The zero-order chi connectivity index (χ0) is 19.0. The van der Waals surface area contributed by atoms with E-state index in [9.17, 15) is 9.59 Å². The second-order valence-electron chi connectivity index (χ2n) is 7.51. The van der Waals surface area contributed by atoms with Crippen LogP contribution in [0.2, 0.25) is 0 Å². The lowest BCUT2D eigenvalue weighted by Gasteiger charge is -2.47. The second kappa shape index (κ2) is 7.18. The third-order valence-electron chi connectivity index (χ3n) is 6.10. The second-order valence-corrected chi connectivity index (χ2v) is 7.51. The van der Waals surface area contributed by atoms with Crippen LogP contribution >= 0.6 is 0 Å². The molecule has 2 aliphatic rings. The molecule has 1 fully saturated rings. The van der Waals surface area contributed by atoms with Crippen LogP contribution in [0.3, 0.4) is 0 Å². The van der Waals surface area contributed by atoms with E-state index in [2.05, 4.69) is 6.07 Å². The van der Waals surface area contributed by atoms with Gasteiger partial charge in [0.1, 0.15) is 0 Å². The molecule has 0 spiro atoms. The third-order valence-corrected chi connectivity index (χ3v) is 6.10. The first-order valence-electron chi connectivity index (χ1n) is 9.88. The maximum Gasteiger partial charge on any atom is 0.258 e. The van der Waals surface area contributed by atoms with Gasteiger partial charge >= 0.3 is 0 Å². The van der Waals surface area contributed by atoms with Gasteiger partial charge in [0.05, 0.1) is 6.04 Å². The van der Waals surface area contributed by atoms with Crippen LogP contribution in [-0.2, 0) is 4.79 Å². The molecule has 4 heteroatoms. The molecule has 0 unspecified atom stereocenters. The van der Waals surface area contributed by atoms with Crippen molar-refractivity contribution < 1.29 is 9.59 Å². The fraction of sp³-hybridized carbons (Fsp3) is 0.391. The Morgan fingerprint density at radius 2 is 1.74 bits per heavy atom. The Labute approximate surface area is 160 Å². The van der Waals surface area contributed by atoms with Crippen molar-refractivity contribution in [3.8, 4) is 0 Å². The minimum Gasteiger partial charge on any atom is -0.336 e. The summed E-state index contributed by atoms with van der Waals surface area (Å²) in [4.78, 5) is 29.8. The van der Waals surface area contributed by atoms with Gasteiger partial charge in [-0.3, -0.25) is 9.59 Å². The number of amides is 2. The number of anilines is 1. The molecule has 0 aromatic heterocycles. The minimum absolute atomic E-state index is 0.0519. The summed E-state index contributed by atoms with van der Waals surface area (Å²) in [6.45, 7) is 4.37. The van der Waals surface area contributed by atoms with E-state index in [1.165, 1.54) is 0 Å². The van der Waals surface area contributed by atoms with Crippen molar-refractivity contribution >= 4 is 17.5 Å². The van der Waals surface area contributed by atoms with Crippen molar-refractivity contribution in [1.82, 2.24) is 4.90 Å². The van der Waals surface area contributed by atoms with Crippen molar-refractivity contribution in [2.75, 3.05) is 11.4 Å². The van der Waals surface area contributed by atoms with Crippen LogP contribution in [0.5, 0.6) is 0 Å². The lowest BCUT2D eigenvalue weighted by molar-refractivity contribution is -0.132. The summed E-state index contributed by atoms with van der Waals surface area (Å²) >= 11 is 0. The van der Waals surface area contributed by atoms with Crippen molar-refractivity contribution in [2.24, 2.45) is 5.92 Å². The molecule has 1 aliphatic carbocycles. The first kappa shape index (κ1) is 17.8. The summed E-state index contributed by atoms with van der Waals surface area (Å²) < 4.78 is 0. The summed E-state index contributed by atoms with van der Waals surface area (Å²) in [6, 6.07) is 17.8. The highest BCUT2D eigenvalue weighted by Gasteiger charge is 2.48. The molecule has 0 saturated heterocycles. The number of hydrogen-bond donors (Lipinski definition) is 0. The molecule has 1 aliphatic heterocycles. The average molecular weight is 362 g/mol. The number of carbonyl (C=O) groups excluding carboxylic acids is 2. The quantitative estimate of drug-likeness (QED) is 0.811. The first-order valence-corrected chi connectivity index (χ1v) is 9.88. The van der Waals surface area contributed by atoms with E-state index in [0.717, 1.165) is 36.1 Å². The van der Waals surface area contributed by atoms with Crippen molar-refractivity contribution in [1.29, 1.82) is 0 Å². The first-order chi connectivity index (χ1) is 13.1. The van der Waals surface area contributed by atoms with Gasteiger partial charge in [0.15, 0.2) is 0 Å². The summed E-state index contributed by atoms with van der Waals surface area (Å²) in [5.41, 5.74) is 2.77. The normalized spacial score (nSPS) is 23.5. The van der Waals surface area contributed by atoms with Gasteiger partial charge in [-0.15, -0.1) is 0 Å². The smallest absolute Gasteiger partial charge is 0.258 e. The number of para-hydroxylation sites is 1. The number of hydrogen-bond acceptors (Lipinski definition) is 2. The van der Waals surface area contributed by atoms with Crippen LogP contribution in [-0.4, -0.2) is 29.3 Å². The predicted molar refractivity (Wildman–Crippen MR) is 107 cm³/mol. The van der Waals surface area contributed by atoms with Gasteiger partial charge in [-0.25, -0.2) is 0 Å². The molecule has 1 saturated carbocycles. The predicted octanol–water partition coefficient (Wildman–Crippen LogP) is 4.43. The number of carbonyl (C=O) groups is 2. The molecule has 27 heavy (non-hydrogen) atoms. The molecule has 4 nitrogen and oxygen atoms in total. The Morgan fingerprint density at radius 1 is 1.04 bits per heavy atom. The van der Waals surface area contributed by atoms with E-state index in [1.807, 2.05) is 65.3 Å². The van der Waals surface area contributed by atoms with E-state index in [-0.39, 0.29) is 29.8 Å². The standard InChI is InChI=1S/C23H26N2O2/c1-3-24(16(2)26)22-18-12-7-8-14-20(18)25(21-15-9-13-19(21)22)23(27)17-10-5-4-6-11-17/h4-8,10-12,14,19,21-22H,3,9,13,15H2,1-2H3/t19-,21+,22+/m1/s1. The summed E-state index contributed by atoms with van der Waals surface area (Å²) in [5, 5.41) is 0. The Kier molecular flexibility index (Phi) is 4.73. The number of nitrogens with zero attached hydrogens (tertiary/aromatic N) is 2. The molecule has 2 aromatic carbocycles. The molecule has 0 radical (unpaired) electrons. The third kappa shape index (κ3) is 2.93. The van der Waals surface area contributed by atoms with E-state index in [1.54, 1.807) is 6.92 Å². The van der Waals surface area contributed by atoms with E-state index in [4.69, 9.17) is 0 Å². The van der Waals surface area contributed by atoms with E-state index >= 15 is 0 Å². The minimum atomic E-state index is 0.0519. The van der Waals surface area contributed by atoms with Crippen LogP contribution in [0.25, 0.3) is 0 Å². The zero-order valence-corrected chi connectivity index (χ0v) is 16.0. The maximum atomic E-state index is 13.4. The zero-order valence-electron chi connectivity index (χ0n) is 16.0. The number of rotatable bonds is 3. The molecule has 1 heterocycles. The van der Waals surface area contributed by atoms with E-state index < -0.39 is 0 Å². The van der Waals surface area contributed by atoms with Crippen LogP contribution in [0.1, 0.15) is 55.1 Å². The highest BCUT2D eigenvalue weighted by molar-refractivity contribution is 6.07. The fourth-order valence-electron chi connectivity index (χ4n) is 5.02. The number of fused-ring (bicyclic) bond motifs is 2. The van der Waals surface area contributed by atoms with E-state index in [0.29, 0.717) is 6.54 Å². The molecular formula is C23H26N2O2. The molecule has 3 atom stereocenters. The molecular weight excluding hydrogens is 336 g/mol. The van der Waals surface area contributed by atoms with Crippen LogP contribution in [0.4, 0.5) is 5.69 Å². The Morgan fingerprint density at radius 3 is 2.44 bits per heavy atom. The van der Waals surface area contributed by atoms with Crippen LogP contribution in [0.15, 0.2) is 54.6 Å². The summed E-state index contributed by atoms with van der Waals surface area (Å²) in [6.07, 6.45) is 3.13. The molecule has 4 rings (SSSR count). The van der Waals surface area contributed by atoms with Crippen molar-refractivity contribution in [3.63, 3.8) is 0 Å². The van der Waals surface area contributed by atoms with Gasteiger partial charge in [0.2, 0.25) is 5.91 Å². The summed E-state index contributed by atoms with van der Waals surface area (Å²) in [5.74, 6) is 0.450. The maximum absolute atomic E-state index is 13.4. The summed E-state index contributed by atoms with van der Waals surface area (Å²) in [7, 11) is 0. The molecule has 2 aromatic rings. The monoisotopic (exact) mass is 362 g/mol. The Bertz CT molecular complexity index is 848. The average Bonchev–Trinajstić information content (AvgIpc) is 3.17. The lowest BCUT2D eigenvalue weighted by atomic mass is 9.81. The van der Waals surface area contributed by atoms with Gasteiger partial charge in [-0.05, 0) is 43.5 Å². The highest BCUT2D eigenvalue weighted by atomic mass is 16.2. The van der Waals surface area contributed by atoms with Gasteiger partial charge in [-0.2, -0.15) is 0 Å². The molecule has 0 bridgehead atoms. The Hall–Kier alpha value is -2.62.